The molecular formula is C13H11BrNNaO4. The standard InChI is InChI=1S/C13H12BrNO4.Na/c14-9-1-2-10-6(3-4-19-10)11(9)15-12(16)7-5-8(7)13(17)18;/h1-2,7-8H,3-5H2,(H,15,16)(H,17,18);/q;+1/p-1/t7-,8+;/m0./s1. The van der Waals surface area contributed by atoms with Crippen LogP contribution in [0.3, 0.4) is 0 Å². The van der Waals surface area contributed by atoms with E-state index in [1.807, 2.05) is 12.1 Å². The van der Waals surface area contributed by atoms with Crippen molar-refractivity contribution in [2.24, 2.45) is 11.8 Å². The monoisotopic (exact) mass is 347 g/mol. The average Bonchev–Trinajstić information content (AvgIpc) is 3.04. The third-order valence-corrected chi connectivity index (χ3v) is 4.17. The van der Waals surface area contributed by atoms with Gasteiger partial charge in [-0.1, -0.05) is 0 Å². The van der Waals surface area contributed by atoms with Crippen LogP contribution in [0.1, 0.15) is 12.0 Å². The molecule has 0 bridgehead atoms. The Bertz CT molecular complexity index is 578. The van der Waals surface area contributed by atoms with Gasteiger partial charge in [-0.05, 0) is 34.5 Å². The van der Waals surface area contributed by atoms with Crippen molar-refractivity contribution in [3.05, 3.63) is 22.2 Å². The molecule has 1 aliphatic heterocycles. The quantitative estimate of drug-likeness (QED) is 0.624. The summed E-state index contributed by atoms with van der Waals surface area (Å²) in [5, 5.41) is 13.5. The molecular weight excluding hydrogens is 337 g/mol. The van der Waals surface area contributed by atoms with Crippen molar-refractivity contribution in [3.8, 4) is 5.75 Å². The first-order valence-electron chi connectivity index (χ1n) is 6.04. The summed E-state index contributed by atoms with van der Waals surface area (Å²) in [7, 11) is 0. The van der Waals surface area contributed by atoms with Gasteiger partial charge in [0, 0.05) is 34.3 Å². The number of halogens is 1. The maximum Gasteiger partial charge on any atom is 1.00 e. The molecule has 0 spiro atoms. The SMILES string of the molecule is O=C(Nc1c(Br)ccc2c1CCO2)[C@H]1C[C@H]1C(=O)[O-].[Na+]. The number of hydrogen-bond donors (Lipinski definition) is 1. The number of fused-ring (bicyclic) bond motifs is 1. The maximum atomic E-state index is 12.0. The van der Waals surface area contributed by atoms with E-state index in [1.54, 1.807) is 0 Å². The molecule has 20 heavy (non-hydrogen) atoms. The van der Waals surface area contributed by atoms with Gasteiger partial charge in [-0.15, -0.1) is 0 Å². The molecule has 0 unspecified atom stereocenters. The van der Waals surface area contributed by atoms with Crippen LogP contribution in [0.15, 0.2) is 16.6 Å². The number of benzene rings is 1. The van der Waals surface area contributed by atoms with Gasteiger partial charge in [-0.2, -0.15) is 0 Å². The summed E-state index contributed by atoms with van der Waals surface area (Å²) in [6, 6.07) is 3.66. The van der Waals surface area contributed by atoms with Gasteiger partial charge in [0.05, 0.1) is 12.3 Å². The largest absolute Gasteiger partial charge is 1.00 e. The molecule has 1 fully saturated rings. The van der Waals surface area contributed by atoms with Crippen molar-refractivity contribution in [1.82, 2.24) is 0 Å². The zero-order chi connectivity index (χ0) is 13.6. The number of rotatable bonds is 3. The number of hydrogen-bond acceptors (Lipinski definition) is 4. The summed E-state index contributed by atoms with van der Waals surface area (Å²) >= 11 is 3.39. The number of carbonyl (C=O) groups is 2. The molecule has 5 nitrogen and oxygen atoms in total. The molecule has 100 valence electrons. The summed E-state index contributed by atoms with van der Waals surface area (Å²) in [6.45, 7) is 0.597. The van der Waals surface area contributed by atoms with Crippen LogP contribution >= 0.6 is 15.9 Å². The third kappa shape index (κ3) is 2.88. The molecule has 7 heteroatoms. The van der Waals surface area contributed by atoms with Crippen molar-refractivity contribution in [2.75, 3.05) is 11.9 Å². The molecule has 0 aromatic heterocycles. The summed E-state index contributed by atoms with van der Waals surface area (Å²) < 4.78 is 6.21. The van der Waals surface area contributed by atoms with E-state index in [-0.39, 0.29) is 35.5 Å². The third-order valence-electron chi connectivity index (χ3n) is 3.51. The van der Waals surface area contributed by atoms with Gasteiger partial charge in [0.2, 0.25) is 5.91 Å². The van der Waals surface area contributed by atoms with Crippen LogP contribution in [0.25, 0.3) is 0 Å². The first-order valence-corrected chi connectivity index (χ1v) is 6.83. The minimum atomic E-state index is -1.15. The second kappa shape index (κ2) is 6.05. The van der Waals surface area contributed by atoms with Crippen molar-refractivity contribution >= 4 is 33.5 Å². The molecule has 1 aromatic rings. The van der Waals surface area contributed by atoms with E-state index < -0.39 is 17.8 Å². The Morgan fingerprint density at radius 1 is 1.35 bits per heavy atom. The van der Waals surface area contributed by atoms with E-state index in [4.69, 9.17) is 4.74 Å². The predicted molar refractivity (Wildman–Crippen MR) is 68.6 cm³/mol. The number of carbonyl (C=O) groups excluding carboxylic acids is 2. The summed E-state index contributed by atoms with van der Waals surface area (Å²) in [4.78, 5) is 22.6. The molecule has 1 N–H and O–H groups in total. The van der Waals surface area contributed by atoms with Gasteiger partial charge >= 0.3 is 29.6 Å². The van der Waals surface area contributed by atoms with Crippen molar-refractivity contribution < 1.29 is 49.0 Å². The van der Waals surface area contributed by atoms with E-state index in [1.165, 1.54) is 0 Å². The van der Waals surface area contributed by atoms with Gasteiger partial charge in [-0.3, -0.25) is 4.79 Å². The van der Waals surface area contributed by atoms with Gasteiger partial charge < -0.3 is 20.0 Å². The van der Waals surface area contributed by atoms with Crippen LogP contribution in [-0.2, 0) is 16.0 Å². The van der Waals surface area contributed by atoms with Gasteiger partial charge in [-0.25, -0.2) is 0 Å². The van der Waals surface area contributed by atoms with Gasteiger partial charge in [0.1, 0.15) is 5.75 Å². The van der Waals surface area contributed by atoms with E-state index in [0.29, 0.717) is 18.7 Å². The minimum Gasteiger partial charge on any atom is -0.550 e. The topological polar surface area (TPSA) is 78.5 Å². The van der Waals surface area contributed by atoms with Crippen LogP contribution in [0.5, 0.6) is 5.75 Å². The Morgan fingerprint density at radius 3 is 2.75 bits per heavy atom. The van der Waals surface area contributed by atoms with Gasteiger partial charge in [0.15, 0.2) is 0 Å². The first kappa shape index (κ1) is 15.8. The fraction of sp³-hybridized carbons (Fsp3) is 0.385. The van der Waals surface area contributed by atoms with Crippen LogP contribution in [-0.4, -0.2) is 18.5 Å². The predicted octanol–water partition coefficient (Wildman–Crippen LogP) is -2.29. The maximum absolute atomic E-state index is 12.0. The Labute approximate surface area is 146 Å². The fourth-order valence-electron chi connectivity index (χ4n) is 2.34. The Hall–Kier alpha value is -0.560. The molecule has 3 rings (SSSR count). The molecule has 1 aliphatic carbocycles. The van der Waals surface area contributed by atoms with E-state index in [9.17, 15) is 14.7 Å². The summed E-state index contributed by atoms with van der Waals surface area (Å²) in [5.41, 5.74) is 1.64. The van der Waals surface area contributed by atoms with Crippen LogP contribution in [0.4, 0.5) is 5.69 Å². The number of amides is 1. The molecule has 2 aliphatic rings. The van der Waals surface area contributed by atoms with Crippen molar-refractivity contribution in [3.63, 3.8) is 0 Å². The minimum absolute atomic E-state index is 0. The summed E-state index contributed by atoms with van der Waals surface area (Å²) in [6.07, 6.45) is 1.09. The first-order chi connectivity index (χ1) is 9.08. The van der Waals surface area contributed by atoms with Crippen molar-refractivity contribution in [1.29, 1.82) is 0 Å². The second-order valence-corrected chi connectivity index (χ2v) is 5.61. The Balaban J connectivity index is 0.00000147. The molecule has 0 saturated heterocycles. The van der Waals surface area contributed by atoms with E-state index in [0.717, 1.165) is 22.2 Å². The number of nitrogens with one attached hydrogen (secondary N) is 1. The second-order valence-electron chi connectivity index (χ2n) is 4.75. The number of carboxylic acids is 1. The number of anilines is 1. The van der Waals surface area contributed by atoms with Crippen LogP contribution < -0.4 is 44.7 Å². The molecule has 0 radical (unpaired) electrons. The fourth-order valence-corrected chi connectivity index (χ4v) is 2.81. The van der Waals surface area contributed by atoms with E-state index in [2.05, 4.69) is 21.2 Å². The number of carboxylic acid groups (broad SMARTS) is 1. The van der Waals surface area contributed by atoms with Gasteiger partial charge in [0.25, 0.3) is 0 Å². The number of aliphatic carboxylic acids is 1. The molecule has 2 atom stereocenters. The molecule has 1 amide bonds. The number of ether oxygens (including phenoxy) is 1. The molecule has 1 aromatic carbocycles. The molecule has 1 heterocycles. The zero-order valence-corrected chi connectivity index (χ0v) is 14.5. The summed E-state index contributed by atoms with van der Waals surface area (Å²) in [5.74, 6) is -1.77. The average molecular weight is 348 g/mol. The van der Waals surface area contributed by atoms with Crippen LogP contribution in [0.2, 0.25) is 0 Å². The Kier molecular flexibility index (Phi) is 4.79. The smallest absolute Gasteiger partial charge is 0.550 e. The Morgan fingerprint density at radius 2 is 2.10 bits per heavy atom. The molecule has 1 saturated carbocycles. The van der Waals surface area contributed by atoms with Crippen molar-refractivity contribution in [2.45, 2.75) is 12.8 Å². The normalized spacial score (nSPS) is 22.2. The van der Waals surface area contributed by atoms with E-state index >= 15 is 0 Å². The van der Waals surface area contributed by atoms with Crippen LogP contribution in [0, 0.1) is 11.8 Å². The zero-order valence-electron chi connectivity index (χ0n) is 10.9.